The highest BCUT2D eigenvalue weighted by molar-refractivity contribution is 6.00. The summed E-state index contributed by atoms with van der Waals surface area (Å²) >= 11 is 0. The van der Waals surface area contributed by atoms with Crippen molar-refractivity contribution in [1.29, 1.82) is 0 Å². The van der Waals surface area contributed by atoms with Crippen LogP contribution in [0.5, 0.6) is 5.75 Å². The van der Waals surface area contributed by atoms with Crippen molar-refractivity contribution < 1.29 is 43.7 Å². The third kappa shape index (κ3) is 6.95. The number of para-hydroxylation sites is 1. The Morgan fingerprint density at radius 1 is 1.12 bits per heavy atom. The highest BCUT2D eigenvalue weighted by Crippen LogP contribution is 2.38. The van der Waals surface area contributed by atoms with E-state index in [4.69, 9.17) is 14.0 Å². The molecule has 17 heteroatoms. The van der Waals surface area contributed by atoms with Gasteiger partial charge in [-0.25, -0.2) is 0 Å². The van der Waals surface area contributed by atoms with Crippen LogP contribution in [0.2, 0.25) is 0 Å². The molecule has 3 aromatic rings. The average Bonchev–Trinajstić information content (AvgIpc) is 3.71. The SMILES string of the molecule is COc1c(Nc2cc(NC(=O)C3CC3)nnc2C(=O)NC(O)(O)O)cccc1-c1nc(CC(=O)N2CCOCC2)no1. The zero-order valence-corrected chi connectivity index (χ0v) is 22.4. The van der Waals surface area contributed by atoms with Crippen LogP contribution in [0.25, 0.3) is 11.5 Å². The molecular formula is C25H28N8O9. The van der Waals surface area contributed by atoms with E-state index >= 15 is 0 Å². The third-order valence-corrected chi connectivity index (χ3v) is 6.35. The van der Waals surface area contributed by atoms with Gasteiger partial charge in [0.25, 0.3) is 11.8 Å². The first-order valence-corrected chi connectivity index (χ1v) is 12.9. The minimum atomic E-state index is -3.52. The first kappa shape index (κ1) is 28.8. The number of amides is 3. The van der Waals surface area contributed by atoms with Crippen LogP contribution in [0.1, 0.15) is 29.2 Å². The van der Waals surface area contributed by atoms with E-state index in [-0.39, 0.29) is 58.8 Å². The van der Waals surface area contributed by atoms with Gasteiger partial charge in [-0.2, -0.15) is 4.98 Å². The minimum absolute atomic E-state index is 0.0239. The topological polar surface area (TPSA) is 234 Å². The lowest BCUT2D eigenvalue weighted by atomic mass is 10.1. The molecule has 0 atom stereocenters. The van der Waals surface area contributed by atoms with Crippen LogP contribution in [0, 0.1) is 5.92 Å². The number of hydrogen-bond acceptors (Lipinski definition) is 14. The second-order valence-electron chi connectivity index (χ2n) is 9.54. The molecule has 1 saturated carbocycles. The number of nitrogens with one attached hydrogen (secondary N) is 3. The second kappa shape index (κ2) is 12.0. The molecule has 0 radical (unpaired) electrons. The van der Waals surface area contributed by atoms with E-state index in [9.17, 15) is 29.7 Å². The molecular weight excluding hydrogens is 556 g/mol. The number of aliphatic hydroxyl groups is 3. The number of benzene rings is 1. The summed E-state index contributed by atoms with van der Waals surface area (Å²) in [5.41, 5.74) is 0.157. The molecule has 0 spiro atoms. The van der Waals surface area contributed by atoms with Crippen LogP contribution in [0.15, 0.2) is 28.8 Å². The summed E-state index contributed by atoms with van der Waals surface area (Å²) in [4.78, 5) is 43.5. The second-order valence-corrected chi connectivity index (χ2v) is 9.54. The van der Waals surface area contributed by atoms with Gasteiger partial charge in [-0.05, 0) is 25.0 Å². The fourth-order valence-electron chi connectivity index (χ4n) is 4.16. The number of rotatable bonds is 10. The summed E-state index contributed by atoms with van der Waals surface area (Å²) in [5, 5.41) is 46.4. The number of methoxy groups -OCH3 is 1. The molecule has 1 aromatic carbocycles. The third-order valence-electron chi connectivity index (χ3n) is 6.35. The number of nitrogens with zero attached hydrogens (tertiary/aromatic N) is 5. The molecule has 1 saturated heterocycles. The number of aromatic nitrogens is 4. The van der Waals surface area contributed by atoms with Gasteiger partial charge in [0.15, 0.2) is 23.1 Å². The van der Waals surface area contributed by atoms with Crippen molar-refractivity contribution in [3.8, 4) is 17.2 Å². The number of ether oxygens (including phenoxy) is 2. The van der Waals surface area contributed by atoms with Crippen LogP contribution in [0.4, 0.5) is 17.2 Å². The van der Waals surface area contributed by atoms with E-state index in [1.54, 1.807) is 28.4 Å². The van der Waals surface area contributed by atoms with Crippen LogP contribution in [0.3, 0.4) is 0 Å². The molecule has 2 aliphatic rings. The van der Waals surface area contributed by atoms with E-state index in [1.807, 2.05) is 0 Å². The van der Waals surface area contributed by atoms with E-state index in [0.29, 0.717) is 31.9 Å². The van der Waals surface area contributed by atoms with E-state index in [0.717, 1.165) is 12.8 Å². The van der Waals surface area contributed by atoms with Crippen LogP contribution < -0.4 is 20.7 Å². The molecule has 1 aliphatic carbocycles. The normalized spacial score (nSPS) is 15.2. The Morgan fingerprint density at radius 2 is 1.88 bits per heavy atom. The van der Waals surface area contributed by atoms with Gasteiger partial charge in [0, 0.05) is 25.1 Å². The first-order chi connectivity index (χ1) is 20.1. The van der Waals surface area contributed by atoms with Crippen molar-refractivity contribution in [3.63, 3.8) is 0 Å². The zero-order valence-electron chi connectivity index (χ0n) is 22.4. The van der Waals surface area contributed by atoms with Crippen LogP contribution in [-0.2, 0) is 20.7 Å². The molecule has 3 heterocycles. The molecule has 17 nitrogen and oxygen atoms in total. The monoisotopic (exact) mass is 584 g/mol. The molecule has 2 aromatic heterocycles. The summed E-state index contributed by atoms with van der Waals surface area (Å²) in [6, 6.07) is 6.18. The van der Waals surface area contributed by atoms with Crippen molar-refractivity contribution in [2.75, 3.05) is 44.0 Å². The van der Waals surface area contributed by atoms with Gasteiger partial charge in [-0.1, -0.05) is 11.2 Å². The summed E-state index contributed by atoms with van der Waals surface area (Å²) in [6.07, 6.45) is -2.09. The van der Waals surface area contributed by atoms with Gasteiger partial charge < -0.3 is 44.8 Å². The summed E-state index contributed by atoms with van der Waals surface area (Å²) < 4.78 is 16.3. The highest BCUT2D eigenvalue weighted by atomic mass is 16.7. The molecule has 42 heavy (non-hydrogen) atoms. The van der Waals surface area contributed by atoms with E-state index < -0.39 is 17.7 Å². The number of anilines is 3. The lowest BCUT2D eigenvalue weighted by Crippen LogP contribution is -2.48. The maximum atomic E-state index is 12.6. The minimum Gasteiger partial charge on any atom is -0.494 e. The van der Waals surface area contributed by atoms with Crippen molar-refractivity contribution in [2.24, 2.45) is 5.92 Å². The largest absolute Gasteiger partial charge is 0.494 e. The molecule has 1 aliphatic heterocycles. The summed E-state index contributed by atoms with van der Waals surface area (Å²) in [6.45, 7) is 1.89. The predicted molar refractivity (Wildman–Crippen MR) is 141 cm³/mol. The summed E-state index contributed by atoms with van der Waals surface area (Å²) in [5.74, 6) is -1.28. The zero-order chi connectivity index (χ0) is 29.9. The fraction of sp³-hybridized carbons (Fsp3) is 0.400. The van der Waals surface area contributed by atoms with Gasteiger partial charge in [-0.15, -0.1) is 10.2 Å². The number of hydrogen-bond donors (Lipinski definition) is 6. The maximum Gasteiger partial charge on any atom is 0.369 e. The van der Waals surface area contributed by atoms with Gasteiger partial charge in [-0.3, -0.25) is 19.7 Å². The first-order valence-electron chi connectivity index (χ1n) is 12.9. The van der Waals surface area contributed by atoms with Crippen LogP contribution >= 0.6 is 0 Å². The molecule has 222 valence electrons. The Hall–Kier alpha value is -4.71. The molecule has 0 bridgehead atoms. The van der Waals surface area contributed by atoms with Crippen molar-refractivity contribution >= 4 is 34.9 Å². The Kier molecular flexibility index (Phi) is 8.25. The Labute approximate surface area is 237 Å². The van der Waals surface area contributed by atoms with Crippen LogP contribution in [-0.4, -0.2) is 97.8 Å². The van der Waals surface area contributed by atoms with Crippen molar-refractivity contribution in [3.05, 3.63) is 35.8 Å². The maximum absolute atomic E-state index is 12.6. The summed E-state index contributed by atoms with van der Waals surface area (Å²) in [7, 11) is 1.39. The standard InChI is InChI=1S/C25H28N8O9/c1-40-21-14(24-28-18(32-42-24)12-19(34)33-7-9-41-10-8-33)3-2-4-15(21)26-16-11-17(27-22(35)13-5-6-13)30-31-20(16)23(36)29-25(37,38)39/h2-4,11,13,37-39H,5-10,12H2,1H3,(H,29,36)(H2,26,27,30,35). The quantitative estimate of drug-likeness (QED) is 0.163. The van der Waals surface area contributed by atoms with Gasteiger partial charge >= 0.3 is 6.10 Å². The number of morpholine rings is 1. The van der Waals surface area contributed by atoms with Gasteiger partial charge in [0.05, 0.1) is 43.7 Å². The molecule has 3 amide bonds. The highest BCUT2D eigenvalue weighted by Gasteiger charge is 2.31. The molecule has 5 rings (SSSR count). The van der Waals surface area contributed by atoms with Crippen molar-refractivity contribution in [2.45, 2.75) is 25.4 Å². The predicted octanol–water partition coefficient (Wildman–Crippen LogP) is -0.653. The molecule has 0 unspecified atom stereocenters. The van der Waals surface area contributed by atoms with E-state index in [1.165, 1.54) is 13.2 Å². The Bertz CT molecular complexity index is 1480. The van der Waals surface area contributed by atoms with E-state index in [2.05, 4.69) is 31.0 Å². The lowest BCUT2D eigenvalue weighted by Gasteiger charge is -2.26. The molecule has 2 fully saturated rings. The fourth-order valence-corrected chi connectivity index (χ4v) is 4.16. The van der Waals surface area contributed by atoms with Crippen molar-refractivity contribution in [1.82, 2.24) is 30.6 Å². The number of carbonyl (C=O) groups excluding carboxylic acids is 3. The Balaban J connectivity index is 1.42. The molecule has 6 N–H and O–H groups in total. The number of carbonyl (C=O) groups is 3. The van der Waals surface area contributed by atoms with Gasteiger partial charge in [0.2, 0.25) is 11.8 Å². The lowest BCUT2D eigenvalue weighted by molar-refractivity contribution is -0.323. The van der Waals surface area contributed by atoms with Gasteiger partial charge in [0.1, 0.15) is 0 Å². The average molecular weight is 585 g/mol. The Morgan fingerprint density at radius 3 is 2.57 bits per heavy atom. The smallest absolute Gasteiger partial charge is 0.369 e.